The quantitative estimate of drug-likeness (QED) is 0.855. The molecule has 0 aliphatic rings. The Kier molecular flexibility index (Phi) is 4.17. The van der Waals surface area contributed by atoms with Gasteiger partial charge >= 0.3 is 5.97 Å². The van der Waals surface area contributed by atoms with Crippen LogP contribution in [-0.2, 0) is 9.53 Å². The lowest BCUT2D eigenvalue weighted by molar-refractivity contribution is -0.143. The summed E-state index contributed by atoms with van der Waals surface area (Å²) < 4.78 is 4.92. The zero-order chi connectivity index (χ0) is 13.8. The number of ether oxygens (including phenoxy) is 1. The van der Waals surface area contributed by atoms with E-state index < -0.39 is 6.04 Å². The predicted molar refractivity (Wildman–Crippen MR) is 77.0 cm³/mol. The molecule has 0 bridgehead atoms. The number of hydrogen-bond donors (Lipinski definition) is 1. The van der Waals surface area contributed by atoms with E-state index in [1.165, 1.54) is 7.11 Å². The molecule has 100 valence electrons. The Bertz CT molecular complexity index is 572. The van der Waals surface area contributed by atoms with Gasteiger partial charge in [0, 0.05) is 6.04 Å². The summed E-state index contributed by atoms with van der Waals surface area (Å²) in [4.78, 5) is 12.0. The maximum absolute atomic E-state index is 12.0. The number of rotatable bonds is 4. The molecule has 1 N–H and O–H groups in total. The largest absolute Gasteiger partial charge is 0.468 e. The molecule has 0 aliphatic heterocycles. The lowest BCUT2D eigenvalue weighted by atomic mass is 9.98. The van der Waals surface area contributed by atoms with Gasteiger partial charge in [-0.05, 0) is 30.2 Å². The van der Waals surface area contributed by atoms with Gasteiger partial charge in [0.05, 0.1) is 7.11 Å². The Balaban J connectivity index is 2.52. The van der Waals surface area contributed by atoms with Crippen molar-refractivity contribution >= 4 is 16.7 Å². The van der Waals surface area contributed by atoms with Crippen LogP contribution in [0.15, 0.2) is 42.5 Å². The van der Waals surface area contributed by atoms with E-state index in [9.17, 15) is 4.79 Å². The number of benzene rings is 2. The van der Waals surface area contributed by atoms with Gasteiger partial charge in [0.25, 0.3) is 0 Å². The van der Waals surface area contributed by atoms with Crippen molar-refractivity contribution in [3.05, 3.63) is 48.0 Å². The number of esters is 1. The monoisotopic (exact) mass is 257 g/mol. The van der Waals surface area contributed by atoms with Gasteiger partial charge in [0.1, 0.15) is 6.04 Å². The van der Waals surface area contributed by atoms with E-state index in [1.807, 2.05) is 56.3 Å². The first kappa shape index (κ1) is 13.6. The Morgan fingerprint density at radius 2 is 1.79 bits per heavy atom. The van der Waals surface area contributed by atoms with Crippen LogP contribution in [0.4, 0.5) is 0 Å². The average molecular weight is 257 g/mol. The van der Waals surface area contributed by atoms with Crippen molar-refractivity contribution in [2.75, 3.05) is 7.11 Å². The van der Waals surface area contributed by atoms with Crippen LogP contribution in [-0.4, -0.2) is 19.1 Å². The molecule has 0 heterocycles. The molecule has 0 aromatic heterocycles. The van der Waals surface area contributed by atoms with E-state index in [2.05, 4.69) is 5.32 Å². The molecular formula is C16H19NO2. The zero-order valence-corrected chi connectivity index (χ0v) is 11.5. The summed E-state index contributed by atoms with van der Waals surface area (Å²) in [7, 11) is 1.42. The summed E-state index contributed by atoms with van der Waals surface area (Å²) in [6.45, 7) is 4.03. The maximum Gasteiger partial charge on any atom is 0.327 e. The van der Waals surface area contributed by atoms with Gasteiger partial charge in [-0.15, -0.1) is 0 Å². The van der Waals surface area contributed by atoms with E-state index in [4.69, 9.17) is 4.74 Å². The molecule has 0 saturated heterocycles. The van der Waals surface area contributed by atoms with E-state index >= 15 is 0 Å². The Morgan fingerprint density at radius 1 is 1.11 bits per heavy atom. The van der Waals surface area contributed by atoms with Gasteiger partial charge in [-0.3, -0.25) is 5.32 Å². The maximum atomic E-state index is 12.0. The third-order valence-corrected chi connectivity index (χ3v) is 3.07. The number of carbonyl (C=O) groups is 1. The molecule has 0 saturated carbocycles. The van der Waals surface area contributed by atoms with Gasteiger partial charge < -0.3 is 4.74 Å². The fourth-order valence-corrected chi connectivity index (χ4v) is 2.24. The number of nitrogens with one attached hydrogen (secondary N) is 1. The SMILES string of the molecule is COC(=O)C(NC(C)C)c1cccc2ccccc12. The molecule has 0 spiro atoms. The molecule has 0 aliphatic carbocycles. The Hall–Kier alpha value is -1.87. The lowest BCUT2D eigenvalue weighted by Crippen LogP contribution is -2.34. The van der Waals surface area contributed by atoms with Crippen LogP contribution in [0.25, 0.3) is 10.8 Å². The number of carbonyl (C=O) groups excluding carboxylic acids is 1. The van der Waals surface area contributed by atoms with Gasteiger partial charge in [0.2, 0.25) is 0 Å². The van der Waals surface area contributed by atoms with Crippen molar-refractivity contribution in [1.82, 2.24) is 5.32 Å². The number of methoxy groups -OCH3 is 1. The molecule has 2 aromatic carbocycles. The van der Waals surface area contributed by atoms with Crippen LogP contribution in [0, 0.1) is 0 Å². The highest BCUT2D eigenvalue weighted by molar-refractivity contribution is 5.91. The summed E-state index contributed by atoms with van der Waals surface area (Å²) in [5.74, 6) is -0.259. The lowest BCUT2D eigenvalue weighted by Gasteiger charge is -2.21. The fraction of sp³-hybridized carbons (Fsp3) is 0.312. The molecule has 2 rings (SSSR count). The predicted octanol–water partition coefficient (Wildman–Crippen LogP) is 3.05. The third kappa shape index (κ3) is 2.93. The minimum atomic E-state index is -0.434. The highest BCUT2D eigenvalue weighted by Crippen LogP contribution is 2.25. The normalized spacial score (nSPS) is 12.6. The van der Waals surface area contributed by atoms with Crippen LogP contribution < -0.4 is 5.32 Å². The van der Waals surface area contributed by atoms with Crippen molar-refractivity contribution in [3.8, 4) is 0 Å². The molecule has 19 heavy (non-hydrogen) atoms. The van der Waals surface area contributed by atoms with Crippen molar-refractivity contribution in [2.24, 2.45) is 0 Å². The first-order valence-corrected chi connectivity index (χ1v) is 6.45. The Morgan fingerprint density at radius 3 is 2.47 bits per heavy atom. The van der Waals surface area contributed by atoms with Gasteiger partial charge in [0.15, 0.2) is 0 Å². The molecule has 0 amide bonds. The first-order chi connectivity index (χ1) is 9.13. The van der Waals surface area contributed by atoms with Crippen LogP contribution in [0.2, 0.25) is 0 Å². The second-order valence-corrected chi connectivity index (χ2v) is 4.85. The van der Waals surface area contributed by atoms with Crippen LogP contribution in [0.3, 0.4) is 0 Å². The zero-order valence-electron chi connectivity index (χ0n) is 11.5. The van der Waals surface area contributed by atoms with E-state index in [0.717, 1.165) is 16.3 Å². The van der Waals surface area contributed by atoms with Gasteiger partial charge in [-0.1, -0.05) is 42.5 Å². The molecule has 3 nitrogen and oxygen atoms in total. The van der Waals surface area contributed by atoms with E-state index in [1.54, 1.807) is 0 Å². The van der Waals surface area contributed by atoms with E-state index in [-0.39, 0.29) is 12.0 Å². The molecule has 0 fully saturated rings. The molecule has 2 aromatic rings. The smallest absolute Gasteiger partial charge is 0.327 e. The van der Waals surface area contributed by atoms with Crippen molar-refractivity contribution < 1.29 is 9.53 Å². The van der Waals surface area contributed by atoms with Crippen LogP contribution in [0.1, 0.15) is 25.5 Å². The van der Waals surface area contributed by atoms with Crippen LogP contribution >= 0.6 is 0 Å². The summed E-state index contributed by atoms with van der Waals surface area (Å²) in [5.41, 5.74) is 0.957. The average Bonchev–Trinajstić information content (AvgIpc) is 2.43. The second-order valence-electron chi connectivity index (χ2n) is 4.85. The summed E-state index contributed by atoms with van der Waals surface area (Å²) in [6, 6.07) is 13.8. The standard InChI is InChI=1S/C16H19NO2/c1-11(2)17-15(16(18)19-3)14-10-6-8-12-7-4-5-9-13(12)14/h4-11,15,17H,1-3H3. The molecule has 3 heteroatoms. The molecule has 1 unspecified atom stereocenters. The molecule has 1 atom stereocenters. The fourth-order valence-electron chi connectivity index (χ4n) is 2.24. The first-order valence-electron chi connectivity index (χ1n) is 6.45. The minimum Gasteiger partial charge on any atom is -0.468 e. The summed E-state index contributed by atoms with van der Waals surface area (Å²) in [5, 5.41) is 5.47. The van der Waals surface area contributed by atoms with Crippen LogP contribution in [0.5, 0.6) is 0 Å². The van der Waals surface area contributed by atoms with E-state index in [0.29, 0.717) is 0 Å². The van der Waals surface area contributed by atoms with Gasteiger partial charge in [-0.2, -0.15) is 0 Å². The Labute approximate surface area is 113 Å². The highest BCUT2D eigenvalue weighted by Gasteiger charge is 2.23. The second kappa shape index (κ2) is 5.85. The number of hydrogen-bond acceptors (Lipinski definition) is 3. The minimum absolute atomic E-state index is 0.197. The summed E-state index contributed by atoms with van der Waals surface area (Å²) in [6.07, 6.45) is 0. The van der Waals surface area contributed by atoms with Crippen molar-refractivity contribution in [1.29, 1.82) is 0 Å². The number of fused-ring (bicyclic) bond motifs is 1. The highest BCUT2D eigenvalue weighted by atomic mass is 16.5. The molecular weight excluding hydrogens is 238 g/mol. The third-order valence-electron chi connectivity index (χ3n) is 3.07. The van der Waals surface area contributed by atoms with Crippen molar-refractivity contribution in [3.63, 3.8) is 0 Å². The van der Waals surface area contributed by atoms with Crippen molar-refractivity contribution in [2.45, 2.75) is 25.9 Å². The van der Waals surface area contributed by atoms with Gasteiger partial charge in [-0.25, -0.2) is 4.79 Å². The summed E-state index contributed by atoms with van der Waals surface area (Å²) >= 11 is 0. The molecule has 0 radical (unpaired) electrons. The topological polar surface area (TPSA) is 38.3 Å².